The van der Waals surface area contributed by atoms with E-state index < -0.39 is 5.97 Å². The van der Waals surface area contributed by atoms with Crippen molar-refractivity contribution in [2.24, 2.45) is 0 Å². The van der Waals surface area contributed by atoms with E-state index in [-0.39, 0.29) is 6.79 Å². The highest BCUT2D eigenvalue weighted by atomic mass is 16.7. The molecule has 4 heteroatoms. The summed E-state index contributed by atoms with van der Waals surface area (Å²) in [5, 5.41) is 0. The summed E-state index contributed by atoms with van der Waals surface area (Å²) in [5.41, 5.74) is 2.13. The molecule has 0 aromatic heterocycles. The fourth-order valence-corrected chi connectivity index (χ4v) is 2.15. The van der Waals surface area contributed by atoms with Crippen LogP contribution in [0.25, 0.3) is 11.6 Å². The van der Waals surface area contributed by atoms with Gasteiger partial charge in [-0.15, -0.1) is 0 Å². The normalized spacial score (nSPS) is 13.1. The largest absolute Gasteiger partial charge is 0.465 e. The number of hydrogen-bond acceptors (Lipinski definition) is 4. The number of methoxy groups -OCH3 is 1. The van der Waals surface area contributed by atoms with Gasteiger partial charge in [0, 0.05) is 0 Å². The van der Waals surface area contributed by atoms with Crippen molar-refractivity contribution in [2.75, 3.05) is 13.9 Å². The third-order valence-corrected chi connectivity index (χ3v) is 3.20. The lowest BCUT2D eigenvalue weighted by Gasteiger charge is -2.07. The summed E-state index contributed by atoms with van der Waals surface area (Å²) in [4.78, 5) is 12.1. The van der Waals surface area contributed by atoms with E-state index in [1.807, 2.05) is 36.4 Å². The van der Waals surface area contributed by atoms with E-state index in [2.05, 4.69) is 0 Å². The molecule has 2 aromatic rings. The molecule has 0 amide bonds. The van der Waals surface area contributed by atoms with Gasteiger partial charge >= 0.3 is 5.97 Å². The number of ether oxygens (including phenoxy) is 3. The molecule has 3 rings (SSSR count). The summed E-state index contributed by atoms with van der Waals surface area (Å²) in [5.74, 6) is 0.927. The molecule has 2 aromatic carbocycles. The zero-order valence-corrected chi connectivity index (χ0v) is 11.5. The van der Waals surface area contributed by atoms with Crippen molar-refractivity contribution >= 4 is 17.6 Å². The van der Waals surface area contributed by atoms with Crippen molar-refractivity contribution in [3.63, 3.8) is 0 Å². The van der Waals surface area contributed by atoms with Crippen molar-refractivity contribution in [2.45, 2.75) is 0 Å². The van der Waals surface area contributed by atoms with Crippen molar-refractivity contribution in [1.29, 1.82) is 0 Å². The fourth-order valence-electron chi connectivity index (χ4n) is 2.15. The zero-order valence-electron chi connectivity index (χ0n) is 11.5. The number of benzene rings is 2. The predicted octanol–water partition coefficient (Wildman–Crippen LogP) is 3.13. The Bertz CT molecular complexity index is 689. The standard InChI is InChI=1S/C17H14O4/c1-19-17(18)14(9-12-5-3-2-4-6-12)13-7-8-15-16(10-13)21-11-20-15/h2-10H,11H2,1H3/b14-9+. The molecule has 4 nitrogen and oxygen atoms in total. The van der Waals surface area contributed by atoms with Crippen molar-refractivity contribution in [1.82, 2.24) is 0 Å². The van der Waals surface area contributed by atoms with Crippen LogP contribution < -0.4 is 9.47 Å². The van der Waals surface area contributed by atoms with E-state index in [9.17, 15) is 4.79 Å². The maximum atomic E-state index is 12.1. The molecule has 0 radical (unpaired) electrons. The summed E-state index contributed by atoms with van der Waals surface area (Å²) >= 11 is 0. The Balaban J connectivity index is 2.04. The van der Waals surface area contributed by atoms with Crippen molar-refractivity contribution in [3.05, 3.63) is 59.7 Å². The van der Waals surface area contributed by atoms with Crippen LogP contribution in [0.2, 0.25) is 0 Å². The summed E-state index contributed by atoms with van der Waals surface area (Å²) < 4.78 is 15.5. The number of rotatable bonds is 3. The minimum atomic E-state index is -0.391. The molecule has 0 aliphatic carbocycles. The number of carbonyl (C=O) groups excluding carboxylic acids is 1. The first kappa shape index (κ1) is 13.2. The highest BCUT2D eigenvalue weighted by molar-refractivity contribution is 6.21. The average molecular weight is 282 g/mol. The summed E-state index contributed by atoms with van der Waals surface area (Å²) in [6, 6.07) is 15.0. The molecule has 0 atom stereocenters. The molecule has 1 aliphatic rings. The number of fused-ring (bicyclic) bond motifs is 1. The number of hydrogen-bond donors (Lipinski definition) is 0. The molecule has 0 spiro atoms. The molecule has 0 N–H and O–H groups in total. The monoisotopic (exact) mass is 282 g/mol. The lowest BCUT2D eigenvalue weighted by atomic mass is 10.0. The summed E-state index contributed by atoms with van der Waals surface area (Å²) in [6.07, 6.45) is 1.80. The third kappa shape index (κ3) is 2.74. The smallest absolute Gasteiger partial charge is 0.338 e. The van der Waals surface area contributed by atoms with Gasteiger partial charge in [-0.2, -0.15) is 0 Å². The maximum absolute atomic E-state index is 12.1. The average Bonchev–Trinajstić information content (AvgIpc) is 3.00. The molecule has 0 unspecified atom stereocenters. The Morgan fingerprint density at radius 2 is 1.86 bits per heavy atom. The van der Waals surface area contributed by atoms with Crippen LogP contribution in [0.15, 0.2) is 48.5 Å². The lowest BCUT2D eigenvalue weighted by molar-refractivity contribution is -0.133. The molecule has 106 valence electrons. The van der Waals surface area contributed by atoms with Crippen molar-refractivity contribution < 1.29 is 19.0 Å². The fraction of sp³-hybridized carbons (Fsp3) is 0.118. The highest BCUT2D eigenvalue weighted by Gasteiger charge is 2.18. The van der Waals surface area contributed by atoms with Gasteiger partial charge in [-0.1, -0.05) is 36.4 Å². The Morgan fingerprint density at radius 3 is 2.62 bits per heavy atom. The Labute approximate surface area is 122 Å². The summed E-state index contributed by atoms with van der Waals surface area (Å²) in [7, 11) is 1.37. The molecular formula is C17H14O4. The van der Waals surface area contributed by atoms with Gasteiger partial charge in [0.25, 0.3) is 0 Å². The van der Waals surface area contributed by atoms with Gasteiger partial charge in [0.2, 0.25) is 6.79 Å². The lowest BCUT2D eigenvalue weighted by Crippen LogP contribution is -2.03. The Morgan fingerprint density at radius 1 is 1.10 bits per heavy atom. The van der Waals surface area contributed by atoms with E-state index in [0.29, 0.717) is 17.1 Å². The summed E-state index contributed by atoms with van der Waals surface area (Å²) in [6.45, 7) is 0.203. The maximum Gasteiger partial charge on any atom is 0.338 e. The first-order valence-corrected chi connectivity index (χ1v) is 6.53. The second-order valence-electron chi connectivity index (χ2n) is 4.53. The second-order valence-corrected chi connectivity index (χ2v) is 4.53. The quantitative estimate of drug-likeness (QED) is 0.493. The second kappa shape index (κ2) is 5.71. The molecule has 0 saturated heterocycles. The van der Waals surface area contributed by atoms with Gasteiger partial charge in [-0.25, -0.2) is 4.79 Å². The molecule has 21 heavy (non-hydrogen) atoms. The SMILES string of the molecule is COC(=O)/C(=C/c1ccccc1)c1ccc2c(c1)OCO2. The minimum Gasteiger partial charge on any atom is -0.465 e. The topological polar surface area (TPSA) is 44.8 Å². The third-order valence-electron chi connectivity index (χ3n) is 3.20. The van der Waals surface area contributed by atoms with Crippen LogP contribution in [0, 0.1) is 0 Å². The van der Waals surface area contributed by atoms with Gasteiger partial charge in [-0.05, 0) is 29.3 Å². The Hall–Kier alpha value is -2.75. The number of esters is 1. The number of carbonyl (C=O) groups is 1. The van der Waals surface area contributed by atoms with Crippen LogP contribution in [0.5, 0.6) is 11.5 Å². The van der Waals surface area contributed by atoms with E-state index in [1.54, 1.807) is 18.2 Å². The van der Waals surface area contributed by atoms with E-state index in [1.165, 1.54) is 7.11 Å². The van der Waals surface area contributed by atoms with Crippen LogP contribution in [0.4, 0.5) is 0 Å². The van der Waals surface area contributed by atoms with Crippen LogP contribution in [0.3, 0.4) is 0 Å². The van der Waals surface area contributed by atoms with Gasteiger partial charge in [0.1, 0.15) is 0 Å². The van der Waals surface area contributed by atoms with Crippen LogP contribution in [-0.2, 0) is 9.53 Å². The molecule has 0 saturated carbocycles. The van der Waals surface area contributed by atoms with Gasteiger partial charge < -0.3 is 14.2 Å². The minimum absolute atomic E-state index is 0.203. The first-order valence-electron chi connectivity index (χ1n) is 6.53. The van der Waals surface area contributed by atoms with E-state index in [0.717, 1.165) is 11.1 Å². The molecule has 0 bridgehead atoms. The molecule has 1 heterocycles. The van der Waals surface area contributed by atoms with Gasteiger partial charge in [-0.3, -0.25) is 0 Å². The Kier molecular flexibility index (Phi) is 3.60. The molecule has 0 fully saturated rings. The first-order chi connectivity index (χ1) is 10.3. The van der Waals surface area contributed by atoms with E-state index in [4.69, 9.17) is 14.2 Å². The van der Waals surface area contributed by atoms with Crippen molar-refractivity contribution in [3.8, 4) is 11.5 Å². The van der Waals surface area contributed by atoms with Crippen LogP contribution in [0.1, 0.15) is 11.1 Å². The van der Waals surface area contributed by atoms with Crippen LogP contribution >= 0.6 is 0 Å². The molecular weight excluding hydrogens is 268 g/mol. The highest BCUT2D eigenvalue weighted by Crippen LogP contribution is 2.35. The van der Waals surface area contributed by atoms with Gasteiger partial charge in [0.05, 0.1) is 12.7 Å². The van der Waals surface area contributed by atoms with E-state index >= 15 is 0 Å². The van der Waals surface area contributed by atoms with Crippen LogP contribution in [-0.4, -0.2) is 19.9 Å². The predicted molar refractivity (Wildman–Crippen MR) is 78.9 cm³/mol. The van der Waals surface area contributed by atoms with Gasteiger partial charge in [0.15, 0.2) is 11.5 Å². The zero-order chi connectivity index (χ0) is 14.7. The molecule has 1 aliphatic heterocycles.